The third-order valence-electron chi connectivity index (χ3n) is 4.58. The summed E-state index contributed by atoms with van der Waals surface area (Å²) in [7, 11) is 0. The van der Waals surface area contributed by atoms with Crippen molar-refractivity contribution in [2.24, 2.45) is 0 Å². The maximum Gasteiger partial charge on any atom is 0.194 e. The second-order valence-corrected chi connectivity index (χ2v) is 8.32. The van der Waals surface area contributed by atoms with E-state index in [0.29, 0.717) is 0 Å². The molecular weight excluding hydrogens is 288 g/mol. The molecule has 2 heterocycles. The third kappa shape index (κ3) is 2.19. The van der Waals surface area contributed by atoms with E-state index >= 15 is 0 Å². The first-order chi connectivity index (χ1) is 10.5. The Bertz CT molecular complexity index is 833. The highest BCUT2D eigenvalue weighted by Crippen LogP contribution is 2.35. The van der Waals surface area contributed by atoms with Crippen LogP contribution in [0.25, 0.3) is 16.2 Å². The van der Waals surface area contributed by atoms with Crippen LogP contribution in [0.1, 0.15) is 49.7 Å². The largest absolute Gasteiger partial charge is 0.294 e. The van der Waals surface area contributed by atoms with Gasteiger partial charge in [0.1, 0.15) is 0 Å². The predicted molar refractivity (Wildman–Crippen MR) is 93.8 cm³/mol. The molecule has 1 aliphatic carbocycles. The summed E-state index contributed by atoms with van der Waals surface area (Å²) >= 11 is 1.88. The molecule has 2 nitrogen and oxygen atoms in total. The smallest absolute Gasteiger partial charge is 0.194 e. The van der Waals surface area contributed by atoms with E-state index < -0.39 is 0 Å². The average Bonchev–Trinajstić information content (AvgIpc) is 3.04. The van der Waals surface area contributed by atoms with Crippen LogP contribution >= 0.6 is 11.3 Å². The zero-order valence-electron chi connectivity index (χ0n) is 13.5. The number of rotatable bonds is 1. The molecule has 1 aromatic carbocycles. The SMILES string of the molecule is CC(C)(C)c1ccccc1-c1cn2c3c(sc2n1)CCCC3. The van der Waals surface area contributed by atoms with Crippen molar-refractivity contribution in [2.75, 3.05) is 0 Å². The van der Waals surface area contributed by atoms with E-state index in [9.17, 15) is 0 Å². The molecule has 0 saturated heterocycles. The van der Waals surface area contributed by atoms with Gasteiger partial charge in [-0.15, -0.1) is 11.3 Å². The number of hydrogen-bond acceptors (Lipinski definition) is 2. The third-order valence-corrected chi connectivity index (χ3v) is 5.74. The Morgan fingerprint density at radius 2 is 1.86 bits per heavy atom. The van der Waals surface area contributed by atoms with Crippen molar-refractivity contribution in [3.63, 3.8) is 0 Å². The zero-order valence-corrected chi connectivity index (χ0v) is 14.3. The van der Waals surface area contributed by atoms with Crippen LogP contribution in [0.15, 0.2) is 30.5 Å². The molecule has 4 rings (SSSR count). The van der Waals surface area contributed by atoms with Gasteiger partial charge in [-0.1, -0.05) is 45.0 Å². The van der Waals surface area contributed by atoms with Crippen LogP contribution < -0.4 is 0 Å². The monoisotopic (exact) mass is 310 g/mol. The number of fused-ring (bicyclic) bond motifs is 3. The van der Waals surface area contributed by atoms with Crippen molar-refractivity contribution in [3.8, 4) is 11.3 Å². The average molecular weight is 310 g/mol. The molecular formula is C19H22N2S. The highest BCUT2D eigenvalue weighted by molar-refractivity contribution is 7.17. The molecule has 0 N–H and O–H groups in total. The van der Waals surface area contributed by atoms with Gasteiger partial charge in [0.05, 0.1) is 5.69 Å². The van der Waals surface area contributed by atoms with Gasteiger partial charge in [0.15, 0.2) is 4.96 Å². The lowest BCUT2D eigenvalue weighted by atomic mass is 9.83. The van der Waals surface area contributed by atoms with E-state index in [4.69, 9.17) is 4.98 Å². The summed E-state index contributed by atoms with van der Waals surface area (Å²) in [5, 5.41) is 0. The van der Waals surface area contributed by atoms with Crippen LogP contribution in [0.2, 0.25) is 0 Å². The number of aryl methyl sites for hydroxylation is 2. The van der Waals surface area contributed by atoms with Crippen molar-refractivity contribution < 1.29 is 0 Å². The van der Waals surface area contributed by atoms with Gasteiger partial charge in [-0.3, -0.25) is 4.40 Å². The lowest BCUT2D eigenvalue weighted by Gasteiger charge is -2.22. The van der Waals surface area contributed by atoms with Gasteiger partial charge < -0.3 is 0 Å². The lowest BCUT2D eigenvalue weighted by Crippen LogP contribution is -2.12. The van der Waals surface area contributed by atoms with Gasteiger partial charge in [-0.2, -0.15) is 0 Å². The minimum Gasteiger partial charge on any atom is -0.294 e. The van der Waals surface area contributed by atoms with Crippen LogP contribution in [0.3, 0.4) is 0 Å². The fourth-order valence-corrected chi connectivity index (χ4v) is 4.65. The molecule has 2 aromatic heterocycles. The molecule has 3 aromatic rings. The highest BCUT2D eigenvalue weighted by Gasteiger charge is 2.22. The van der Waals surface area contributed by atoms with Gasteiger partial charge in [0.2, 0.25) is 0 Å². The first-order valence-electron chi connectivity index (χ1n) is 8.13. The summed E-state index contributed by atoms with van der Waals surface area (Å²) in [6.45, 7) is 6.81. The number of nitrogens with zero attached hydrogens (tertiary/aromatic N) is 2. The molecule has 0 amide bonds. The molecule has 0 saturated carbocycles. The van der Waals surface area contributed by atoms with Crippen molar-refractivity contribution >= 4 is 16.3 Å². The number of aromatic nitrogens is 2. The van der Waals surface area contributed by atoms with Crippen molar-refractivity contribution in [2.45, 2.75) is 51.9 Å². The molecule has 0 spiro atoms. The normalized spacial score (nSPS) is 15.2. The molecule has 1 aliphatic rings. The number of imidazole rings is 1. The molecule has 0 atom stereocenters. The Labute approximate surface area is 135 Å². The van der Waals surface area contributed by atoms with Crippen LogP contribution in [-0.4, -0.2) is 9.38 Å². The summed E-state index contributed by atoms with van der Waals surface area (Å²) in [4.78, 5) is 7.65. The van der Waals surface area contributed by atoms with Crippen molar-refractivity contribution in [1.29, 1.82) is 0 Å². The molecule has 0 radical (unpaired) electrons. The van der Waals surface area contributed by atoms with Crippen LogP contribution in [0.4, 0.5) is 0 Å². The van der Waals surface area contributed by atoms with Gasteiger partial charge >= 0.3 is 0 Å². The Balaban J connectivity index is 1.87. The standard InChI is InChI=1S/C19H22N2S/c1-19(2,3)14-9-5-4-8-13(14)15-12-21-16-10-6-7-11-17(16)22-18(21)20-15/h4-5,8-9,12H,6-7,10-11H2,1-3H3. The maximum atomic E-state index is 4.94. The van der Waals surface area contributed by atoms with Gasteiger partial charge in [0.25, 0.3) is 0 Å². The molecule has 0 aliphatic heterocycles. The quantitative estimate of drug-likeness (QED) is 0.601. The molecule has 3 heteroatoms. The van der Waals surface area contributed by atoms with Crippen molar-refractivity contribution in [1.82, 2.24) is 9.38 Å². The Kier molecular flexibility index (Phi) is 3.15. The number of benzene rings is 1. The van der Waals surface area contributed by atoms with E-state index in [1.165, 1.54) is 42.5 Å². The first kappa shape index (κ1) is 14.0. The minimum absolute atomic E-state index is 0.132. The summed E-state index contributed by atoms with van der Waals surface area (Å²) in [6.07, 6.45) is 7.32. The second kappa shape index (κ2) is 4.95. The van der Waals surface area contributed by atoms with E-state index in [2.05, 4.69) is 55.6 Å². The first-order valence-corrected chi connectivity index (χ1v) is 8.95. The fraction of sp³-hybridized carbons (Fsp3) is 0.421. The summed E-state index contributed by atoms with van der Waals surface area (Å²) in [5.74, 6) is 0. The molecule has 0 fully saturated rings. The lowest BCUT2D eigenvalue weighted by molar-refractivity contribution is 0.592. The van der Waals surface area contributed by atoms with Crippen LogP contribution in [0, 0.1) is 0 Å². The summed E-state index contributed by atoms with van der Waals surface area (Å²) in [6, 6.07) is 8.69. The van der Waals surface area contributed by atoms with Gasteiger partial charge in [0, 0.05) is 22.3 Å². The number of hydrogen-bond donors (Lipinski definition) is 0. The topological polar surface area (TPSA) is 17.3 Å². The highest BCUT2D eigenvalue weighted by atomic mass is 32.1. The van der Waals surface area contributed by atoms with Gasteiger partial charge in [-0.05, 0) is 36.7 Å². The number of thiazole rings is 1. The van der Waals surface area contributed by atoms with E-state index in [1.54, 1.807) is 4.88 Å². The molecule has 0 bridgehead atoms. The van der Waals surface area contributed by atoms with E-state index in [-0.39, 0.29) is 5.41 Å². The Morgan fingerprint density at radius 3 is 2.68 bits per heavy atom. The second-order valence-electron chi connectivity index (χ2n) is 7.25. The fourth-order valence-electron chi connectivity index (χ4n) is 3.46. The zero-order chi connectivity index (χ0) is 15.3. The molecule has 22 heavy (non-hydrogen) atoms. The summed E-state index contributed by atoms with van der Waals surface area (Å²) in [5.41, 5.74) is 5.39. The Morgan fingerprint density at radius 1 is 1.09 bits per heavy atom. The van der Waals surface area contributed by atoms with Gasteiger partial charge in [-0.25, -0.2) is 4.98 Å². The summed E-state index contributed by atoms with van der Waals surface area (Å²) < 4.78 is 2.34. The molecule has 114 valence electrons. The Hall–Kier alpha value is -1.61. The van der Waals surface area contributed by atoms with E-state index in [0.717, 1.165) is 10.7 Å². The van der Waals surface area contributed by atoms with Crippen LogP contribution in [0.5, 0.6) is 0 Å². The van der Waals surface area contributed by atoms with Crippen LogP contribution in [-0.2, 0) is 18.3 Å². The molecule has 0 unspecified atom stereocenters. The predicted octanol–water partition coefficient (Wildman–Crippen LogP) is 5.24. The van der Waals surface area contributed by atoms with Crippen molar-refractivity contribution in [3.05, 3.63) is 46.6 Å². The van der Waals surface area contributed by atoms with E-state index in [1.807, 2.05) is 11.3 Å². The minimum atomic E-state index is 0.132. The maximum absolute atomic E-state index is 4.94.